The lowest BCUT2D eigenvalue weighted by molar-refractivity contribution is 0.177. The molecular formula is C13H16N2O2. The van der Waals surface area contributed by atoms with Gasteiger partial charge in [0.2, 0.25) is 0 Å². The maximum atomic E-state index is 12.1. The second-order valence-corrected chi connectivity index (χ2v) is 4.40. The zero-order valence-corrected chi connectivity index (χ0v) is 10.1. The van der Waals surface area contributed by atoms with Crippen LogP contribution in [0, 0.1) is 6.92 Å². The van der Waals surface area contributed by atoms with Crippen molar-refractivity contribution < 1.29 is 5.11 Å². The highest BCUT2D eigenvalue weighted by atomic mass is 16.3. The van der Waals surface area contributed by atoms with Crippen LogP contribution in [0.1, 0.15) is 18.9 Å². The standard InChI is InChI=1S/C13H16N2O2/c1-9-3-4-12-11(7-9)13(17)15(8-14-12)6-5-10(2)16/h3-4,7-8,10,16H,5-6H2,1-2H3. The smallest absolute Gasteiger partial charge is 0.261 e. The average molecular weight is 232 g/mol. The van der Waals surface area contributed by atoms with E-state index in [9.17, 15) is 9.90 Å². The predicted octanol–water partition coefficient (Wildman–Crippen LogP) is 1.48. The molecule has 0 aliphatic heterocycles. The van der Waals surface area contributed by atoms with Crippen LogP contribution in [0.5, 0.6) is 0 Å². The Hall–Kier alpha value is -1.68. The Morgan fingerprint density at radius 3 is 2.94 bits per heavy atom. The van der Waals surface area contributed by atoms with Gasteiger partial charge in [-0.2, -0.15) is 0 Å². The van der Waals surface area contributed by atoms with Crippen molar-refractivity contribution >= 4 is 10.9 Å². The lowest BCUT2D eigenvalue weighted by atomic mass is 10.2. The minimum atomic E-state index is -0.407. The molecule has 0 bridgehead atoms. The van der Waals surface area contributed by atoms with Crippen molar-refractivity contribution in [2.75, 3.05) is 0 Å². The summed E-state index contributed by atoms with van der Waals surface area (Å²) in [6.45, 7) is 4.16. The van der Waals surface area contributed by atoms with E-state index in [-0.39, 0.29) is 5.56 Å². The van der Waals surface area contributed by atoms with E-state index < -0.39 is 6.10 Å². The van der Waals surface area contributed by atoms with Gasteiger partial charge >= 0.3 is 0 Å². The number of aryl methyl sites for hydroxylation is 2. The Morgan fingerprint density at radius 1 is 1.47 bits per heavy atom. The highest BCUT2D eigenvalue weighted by Crippen LogP contribution is 2.09. The van der Waals surface area contributed by atoms with Crippen molar-refractivity contribution in [1.82, 2.24) is 9.55 Å². The van der Waals surface area contributed by atoms with Gasteiger partial charge in [0.15, 0.2) is 0 Å². The Labute approximate surface area is 99.5 Å². The molecule has 0 radical (unpaired) electrons. The highest BCUT2D eigenvalue weighted by molar-refractivity contribution is 5.77. The van der Waals surface area contributed by atoms with E-state index in [1.165, 1.54) is 0 Å². The Kier molecular flexibility index (Phi) is 3.24. The molecule has 1 heterocycles. The molecule has 17 heavy (non-hydrogen) atoms. The Bertz CT molecular complexity index is 587. The first-order chi connectivity index (χ1) is 8.08. The maximum absolute atomic E-state index is 12.1. The van der Waals surface area contributed by atoms with Gasteiger partial charge in [-0.05, 0) is 32.4 Å². The quantitative estimate of drug-likeness (QED) is 0.872. The third kappa shape index (κ3) is 2.53. The number of hydrogen-bond acceptors (Lipinski definition) is 3. The molecule has 1 unspecified atom stereocenters. The highest BCUT2D eigenvalue weighted by Gasteiger charge is 2.05. The summed E-state index contributed by atoms with van der Waals surface area (Å²) in [5, 5.41) is 9.86. The molecule has 4 nitrogen and oxygen atoms in total. The van der Waals surface area contributed by atoms with Crippen molar-refractivity contribution in [2.45, 2.75) is 32.9 Å². The monoisotopic (exact) mass is 232 g/mol. The summed E-state index contributed by atoms with van der Waals surface area (Å²) < 4.78 is 1.55. The molecule has 0 aliphatic carbocycles. The summed E-state index contributed by atoms with van der Waals surface area (Å²) in [7, 11) is 0. The fraction of sp³-hybridized carbons (Fsp3) is 0.385. The molecule has 2 rings (SSSR count). The lowest BCUT2D eigenvalue weighted by Crippen LogP contribution is -2.22. The summed E-state index contributed by atoms with van der Waals surface area (Å²) >= 11 is 0. The van der Waals surface area contributed by atoms with Crippen LogP contribution in [0.25, 0.3) is 10.9 Å². The van der Waals surface area contributed by atoms with Crippen LogP contribution < -0.4 is 5.56 Å². The van der Waals surface area contributed by atoms with E-state index in [1.807, 2.05) is 25.1 Å². The normalized spacial score (nSPS) is 12.9. The molecule has 1 aromatic heterocycles. The van der Waals surface area contributed by atoms with Crippen LogP contribution in [0.2, 0.25) is 0 Å². The third-order valence-electron chi connectivity index (χ3n) is 2.77. The van der Waals surface area contributed by atoms with E-state index in [0.717, 1.165) is 5.56 Å². The Balaban J connectivity index is 2.46. The number of aliphatic hydroxyl groups is 1. The van der Waals surface area contributed by atoms with Crippen LogP contribution >= 0.6 is 0 Å². The van der Waals surface area contributed by atoms with Gasteiger partial charge in [-0.25, -0.2) is 4.98 Å². The van der Waals surface area contributed by atoms with Gasteiger partial charge in [0, 0.05) is 6.54 Å². The number of aliphatic hydroxyl groups excluding tert-OH is 1. The largest absolute Gasteiger partial charge is 0.393 e. The lowest BCUT2D eigenvalue weighted by Gasteiger charge is -2.08. The van der Waals surface area contributed by atoms with Crippen molar-refractivity contribution in [3.05, 3.63) is 40.4 Å². The first kappa shape index (κ1) is 11.8. The third-order valence-corrected chi connectivity index (χ3v) is 2.77. The van der Waals surface area contributed by atoms with Gasteiger partial charge in [0.05, 0.1) is 23.3 Å². The molecule has 0 spiro atoms. The van der Waals surface area contributed by atoms with Crippen molar-refractivity contribution in [2.24, 2.45) is 0 Å². The van der Waals surface area contributed by atoms with Crippen LogP contribution in [-0.2, 0) is 6.54 Å². The second kappa shape index (κ2) is 4.67. The molecular weight excluding hydrogens is 216 g/mol. The minimum Gasteiger partial charge on any atom is -0.393 e. The molecule has 90 valence electrons. The Morgan fingerprint density at radius 2 is 2.24 bits per heavy atom. The topological polar surface area (TPSA) is 55.1 Å². The van der Waals surface area contributed by atoms with Crippen LogP contribution in [0.4, 0.5) is 0 Å². The number of benzene rings is 1. The van der Waals surface area contributed by atoms with Gasteiger partial charge in [-0.3, -0.25) is 9.36 Å². The maximum Gasteiger partial charge on any atom is 0.261 e. The van der Waals surface area contributed by atoms with E-state index in [0.29, 0.717) is 23.9 Å². The van der Waals surface area contributed by atoms with Crippen LogP contribution in [-0.4, -0.2) is 20.8 Å². The van der Waals surface area contributed by atoms with Crippen molar-refractivity contribution in [3.63, 3.8) is 0 Å². The number of fused-ring (bicyclic) bond motifs is 1. The summed E-state index contributed by atoms with van der Waals surface area (Å²) in [6, 6.07) is 5.64. The zero-order chi connectivity index (χ0) is 12.4. The number of aromatic nitrogens is 2. The predicted molar refractivity (Wildman–Crippen MR) is 67.0 cm³/mol. The van der Waals surface area contributed by atoms with Gasteiger partial charge in [0.25, 0.3) is 5.56 Å². The first-order valence-corrected chi connectivity index (χ1v) is 5.72. The summed E-state index contributed by atoms with van der Waals surface area (Å²) in [5.74, 6) is 0. The molecule has 1 aromatic carbocycles. The van der Waals surface area contributed by atoms with E-state index in [1.54, 1.807) is 17.8 Å². The molecule has 0 aliphatic rings. The van der Waals surface area contributed by atoms with Crippen molar-refractivity contribution in [1.29, 1.82) is 0 Å². The summed E-state index contributed by atoms with van der Waals surface area (Å²) in [4.78, 5) is 16.4. The first-order valence-electron chi connectivity index (χ1n) is 5.72. The molecule has 1 atom stereocenters. The molecule has 0 saturated carbocycles. The van der Waals surface area contributed by atoms with Crippen LogP contribution in [0.15, 0.2) is 29.3 Å². The molecule has 4 heteroatoms. The fourth-order valence-corrected chi connectivity index (χ4v) is 1.76. The molecule has 0 saturated heterocycles. The SMILES string of the molecule is Cc1ccc2ncn(CCC(C)O)c(=O)c2c1. The van der Waals surface area contributed by atoms with Crippen LogP contribution in [0.3, 0.4) is 0 Å². The van der Waals surface area contributed by atoms with Gasteiger partial charge in [-0.1, -0.05) is 11.6 Å². The second-order valence-electron chi connectivity index (χ2n) is 4.40. The average Bonchev–Trinajstić information content (AvgIpc) is 2.29. The van der Waals surface area contributed by atoms with Gasteiger partial charge in [-0.15, -0.1) is 0 Å². The molecule has 0 amide bonds. The molecule has 1 N–H and O–H groups in total. The van der Waals surface area contributed by atoms with E-state index in [2.05, 4.69) is 4.98 Å². The number of hydrogen-bond donors (Lipinski definition) is 1. The summed E-state index contributed by atoms with van der Waals surface area (Å²) in [6.07, 6.45) is 1.69. The van der Waals surface area contributed by atoms with E-state index >= 15 is 0 Å². The number of rotatable bonds is 3. The van der Waals surface area contributed by atoms with E-state index in [4.69, 9.17) is 0 Å². The van der Waals surface area contributed by atoms with Crippen molar-refractivity contribution in [3.8, 4) is 0 Å². The minimum absolute atomic E-state index is 0.0423. The molecule has 0 fully saturated rings. The fourth-order valence-electron chi connectivity index (χ4n) is 1.76. The van der Waals surface area contributed by atoms with Gasteiger partial charge < -0.3 is 5.11 Å². The van der Waals surface area contributed by atoms with Gasteiger partial charge in [0.1, 0.15) is 0 Å². The zero-order valence-electron chi connectivity index (χ0n) is 10.1. The molecule has 2 aromatic rings. The summed E-state index contributed by atoms with van der Waals surface area (Å²) in [5.41, 5.74) is 1.72. The number of nitrogens with zero attached hydrogens (tertiary/aromatic N) is 2.